The van der Waals surface area contributed by atoms with Crippen molar-refractivity contribution in [2.75, 3.05) is 13.2 Å². The predicted octanol–water partition coefficient (Wildman–Crippen LogP) is 1.35. The van der Waals surface area contributed by atoms with E-state index in [1.54, 1.807) is 0 Å². The van der Waals surface area contributed by atoms with Crippen molar-refractivity contribution in [1.29, 1.82) is 0 Å². The molecule has 0 spiro atoms. The molecule has 0 fully saturated rings. The van der Waals surface area contributed by atoms with Crippen molar-refractivity contribution in [3.05, 3.63) is 0 Å². The van der Waals surface area contributed by atoms with Crippen LogP contribution in [0.5, 0.6) is 0 Å². The van der Waals surface area contributed by atoms with E-state index in [0.717, 1.165) is 0 Å². The maximum Gasteiger partial charge on any atom is 0.315 e. The second-order valence-corrected chi connectivity index (χ2v) is 4.45. The van der Waals surface area contributed by atoms with E-state index < -0.39 is 5.97 Å². The van der Waals surface area contributed by atoms with E-state index in [4.69, 9.17) is 4.74 Å². The van der Waals surface area contributed by atoms with Crippen molar-refractivity contribution >= 4 is 11.9 Å². The van der Waals surface area contributed by atoms with Crippen molar-refractivity contribution in [3.63, 3.8) is 0 Å². The lowest BCUT2D eigenvalue weighted by atomic mass is 10.2. The van der Waals surface area contributed by atoms with E-state index in [0.29, 0.717) is 25.0 Å². The molecule has 88 valence electrons. The van der Waals surface area contributed by atoms with Gasteiger partial charge in [-0.3, -0.25) is 9.59 Å². The fourth-order valence-electron chi connectivity index (χ4n) is 0.822. The molecule has 0 radical (unpaired) electrons. The molecule has 0 saturated heterocycles. The quantitative estimate of drug-likeness (QED) is 0.537. The van der Waals surface area contributed by atoms with Crippen LogP contribution in [-0.2, 0) is 14.3 Å². The lowest BCUT2D eigenvalue weighted by Crippen LogP contribution is -2.29. The molecule has 0 heterocycles. The van der Waals surface area contributed by atoms with Gasteiger partial charge in [0.05, 0.1) is 6.61 Å². The number of rotatable bonds is 6. The first-order valence-electron chi connectivity index (χ1n) is 5.34. The minimum Gasteiger partial charge on any atom is -0.465 e. The summed E-state index contributed by atoms with van der Waals surface area (Å²) in [4.78, 5) is 22.3. The molecule has 15 heavy (non-hydrogen) atoms. The number of ether oxygens (including phenoxy) is 1. The van der Waals surface area contributed by atoms with Crippen molar-refractivity contribution in [2.45, 2.75) is 34.1 Å². The van der Waals surface area contributed by atoms with Crippen LogP contribution in [0, 0.1) is 11.8 Å². The Balaban J connectivity index is 3.63. The zero-order valence-corrected chi connectivity index (χ0v) is 10.0. The highest BCUT2D eigenvalue weighted by molar-refractivity contribution is 5.94. The Morgan fingerprint density at radius 1 is 1.13 bits per heavy atom. The molecule has 0 aromatic carbocycles. The van der Waals surface area contributed by atoms with E-state index in [2.05, 4.69) is 5.32 Å². The summed E-state index contributed by atoms with van der Waals surface area (Å²) in [6.45, 7) is 8.86. The standard InChI is InChI=1S/C11H21NO3/c1-8(2)6-12-10(13)5-11(14)15-7-9(3)4/h8-9H,5-7H2,1-4H3,(H,12,13). The summed E-state index contributed by atoms with van der Waals surface area (Å²) in [5.41, 5.74) is 0. The largest absolute Gasteiger partial charge is 0.465 e. The van der Waals surface area contributed by atoms with Crippen molar-refractivity contribution in [1.82, 2.24) is 5.32 Å². The molecule has 0 aromatic rings. The Morgan fingerprint density at radius 3 is 2.20 bits per heavy atom. The number of nitrogens with one attached hydrogen (secondary N) is 1. The molecule has 0 saturated carbocycles. The number of carbonyl (C=O) groups is 2. The Hall–Kier alpha value is -1.06. The molecule has 0 bridgehead atoms. The topological polar surface area (TPSA) is 55.4 Å². The van der Waals surface area contributed by atoms with Crippen LogP contribution in [0.25, 0.3) is 0 Å². The van der Waals surface area contributed by atoms with E-state index in [-0.39, 0.29) is 12.3 Å². The molecule has 1 amide bonds. The molecule has 4 nitrogen and oxygen atoms in total. The molecule has 0 aliphatic rings. The van der Waals surface area contributed by atoms with Crippen LogP contribution in [0.4, 0.5) is 0 Å². The van der Waals surface area contributed by atoms with Crippen molar-refractivity contribution in [3.8, 4) is 0 Å². The fraction of sp³-hybridized carbons (Fsp3) is 0.818. The third-order valence-electron chi connectivity index (χ3n) is 1.59. The van der Waals surface area contributed by atoms with Crippen LogP contribution in [0.3, 0.4) is 0 Å². The summed E-state index contributed by atoms with van der Waals surface area (Å²) >= 11 is 0. The van der Waals surface area contributed by atoms with Crippen molar-refractivity contribution < 1.29 is 14.3 Å². The molecule has 0 aliphatic carbocycles. The smallest absolute Gasteiger partial charge is 0.315 e. The Kier molecular flexibility index (Phi) is 6.75. The lowest BCUT2D eigenvalue weighted by Gasteiger charge is -2.08. The van der Waals surface area contributed by atoms with Gasteiger partial charge in [0.2, 0.25) is 5.91 Å². The summed E-state index contributed by atoms with van der Waals surface area (Å²) in [7, 11) is 0. The average molecular weight is 215 g/mol. The Labute approximate surface area is 91.4 Å². The van der Waals surface area contributed by atoms with Gasteiger partial charge in [-0.2, -0.15) is 0 Å². The summed E-state index contributed by atoms with van der Waals surface area (Å²) in [5.74, 6) is -0.0317. The lowest BCUT2D eigenvalue weighted by molar-refractivity contribution is -0.147. The molecule has 0 aliphatic heterocycles. The average Bonchev–Trinajstić information content (AvgIpc) is 2.11. The van der Waals surface area contributed by atoms with Crippen molar-refractivity contribution in [2.24, 2.45) is 11.8 Å². The zero-order valence-electron chi connectivity index (χ0n) is 10.0. The molecule has 0 unspecified atom stereocenters. The van der Waals surface area contributed by atoms with Gasteiger partial charge in [-0.05, 0) is 11.8 Å². The van der Waals surface area contributed by atoms with E-state index in [9.17, 15) is 9.59 Å². The van der Waals surface area contributed by atoms with Gasteiger partial charge in [0, 0.05) is 6.54 Å². The van der Waals surface area contributed by atoms with Crippen LogP contribution in [-0.4, -0.2) is 25.0 Å². The second kappa shape index (κ2) is 7.26. The normalized spacial score (nSPS) is 10.5. The highest BCUT2D eigenvalue weighted by Gasteiger charge is 2.11. The van der Waals surface area contributed by atoms with Crippen LogP contribution in [0.15, 0.2) is 0 Å². The first-order chi connectivity index (χ1) is 6.91. The Bertz CT molecular complexity index is 190. The molecule has 4 heteroatoms. The van der Waals surface area contributed by atoms with Gasteiger partial charge in [0.1, 0.15) is 6.42 Å². The minimum atomic E-state index is -0.454. The first-order valence-corrected chi connectivity index (χ1v) is 5.34. The maximum absolute atomic E-state index is 11.2. The highest BCUT2D eigenvalue weighted by atomic mass is 16.5. The van der Waals surface area contributed by atoms with Gasteiger partial charge in [0.25, 0.3) is 0 Å². The number of hydrogen-bond donors (Lipinski definition) is 1. The van der Waals surface area contributed by atoms with E-state index in [1.165, 1.54) is 0 Å². The Morgan fingerprint density at radius 2 is 1.73 bits per heavy atom. The minimum absolute atomic E-state index is 0.181. The first kappa shape index (κ1) is 13.9. The van der Waals surface area contributed by atoms with Crippen LogP contribution in [0.2, 0.25) is 0 Å². The summed E-state index contributed by atoms with van der Waals surface area (Å²) in [6, 6.07) is 0. The fourth-order valence-corrected chi connectivity index (χ4v) is 0.822. The SMILES string of the molecule is CC(C)CNC(=O)CC(=O)OCC(C)C. The third kappa shape index (κ3) is 9.25. The molecule has 0 aromatic heterocycles. The van der Waals surface area contributed by atoms with Gasteiger partial charge in [-0.15, -0.1) is 0 Å². The number of esters is 1. The molecule has 1 N–H and O–H groups in total. The number of carbonyl (C=O) groups excluding carboxylic acids is 2. The third-order valence-corrected chi connectivity index (χ3v) is 1.59. The molecule has 0 rings (SSSR count). The highest BCUT2D eigenvalue weighted by Crippen LogP contribution is 1.95. The second-order valence-electron chi connectivity index (χ2n) is 4.45. The monoisotopic (exact) mass is 215 g/mol. The van der Waals surface area contributed by atoms with Crippen LogP contribution >= 0.6 is 0 Å². The molecular formula is C11H21NO3. The summed E-state index contributed by atoms with van der Waals surface area (Å²) in [6.07, 6.45) is -0.181. The van der Waals surface area contributed by atoms with Gasteiger partial charge in [-0.25, -0.2) is 0 Å². The summed E-state index contributed by atoms with van der Waals surface area (Å²) in [5, 5.41) is 2.66. The summed E-state index contributed by atoms with van der Waals surface area (Å²) < 4.78 is 4.88. The molecule has 0 atom stereocenters. The van der Waals surface area contributed by atoms with Gasteiger partial charge in [0.15, 0.2) is 0 Å². The zero-order chi connectivity index (χ0) is 11.8. The maximum atomic E-state index is 11.2. The van der Waals surface area contributed by atoms with Crippen LogP contribution in [0.1, 0.15) is 34.1 Å². The predicted molar refractivity (Wildman–Crippen MR) is 58.3 cm³/mol. The van der Waals surface area contributed by atoms with Crippen LogP contribution < -0.4 is 5.32 Å². The van der Waals surface area contributed by atoms with E-state index >= 15 is 0 Å². The molecular weight excluding hydrogens is 194 g/mol. The number of hydrogen-bond acceptors (Lipinski definition) is 3. The van der Waals surface area contributed by atoms with Gasteiger partial charge in [-0.1, -0.05) is 27.7 Å². The number of amides is 1. The van der Waals surface area contributed by atoms with Gasteiger partial charge < -0.3 is 10.1 Å². The van der Waals surface area contributed by atoms with E-state index in [1.807, 2.05) is 27.7 Å². The van der Waals surface area contributed by atoms with Gasteiger partial charge >= 0.3 is 5.97 Å².